The smallest absolute Gasteiger partial charge is 0.338 e. The normalized spacial score (nSPS) is 11.6. The lowest BCUT2D eigenvalue weighted by Crippen LogP contribution is -2.24. The maximum atomic E-state index is 11.9. The SMILES string of the molecule is CN(C)Cc1cccc(C(=O)OC(C)(C)C)c1. The maximum Gasteiger partial charge on any atom is 0.338 e. The van der Waals surface area contributed by atoms with Gasteiger partial charge in [-0.15, -0.1) is 0 Å². The van der Waals surface area contributed by atoms with E-state index in [0.29, 0.717) is 5.56 Å². The Morgan fingerprint density at radius 1 is 1.29 bits per heavy atom. The van der Waals surface area contributed by atoms with E-state index in [9.17, 15) is 4.79 Å². The molecule has 0 fully saturated rings. The van der Waals surface area contributed by atoms with Gasteiger partial charge in [0.15, 0.2) is 0 Å². The molecule has 94 valence electrons. The molecule has 0 N–H and O–H groups in total. The number of carbonyl (C=O) groups excluding carboxylic acids is 1. The minimum atomic E-state index is -0.450. The molecule has 0 saturated heterocycles. The molecule has 0 radical (unpaired) electrons. The first kappa shape index (κ1) is 13.7. The number of hydrogen-bond donors (Lipinski definition) is 0. The summed E-state index contributed by atoms with van der Waals surface area (Å²) in [6, 6.07) is 7.56. The third-order valence-corrected chi connectivity index (χ3v) is 2.06. The zero-order valence-electron chi connectivity index (χ0n) is 11.3. The van der Waals surface area contributed by atoms with Gasteiger partial charge in [0.2, 0.25) is 0 Å². The van der Waals surface area contributed by atoms with Crippen molar-refractivity contribution in [2.75, 3.05) is 14.1 Å². The summed E-state index contributed by atoms with van der Waals surface area (Å²) < 4.78 is 5.33. The summed E-state index contributed by atoms with van der Waals surface area (Å²) in [7, 11) is 4.00. The van der Waals surface area contributed by atoms with Gasteiger partial charge < -0.3 is 9.64 Å². The van der Waals surface area contributed by atoms with Gasteiger partial charge >= 0.3 is 5.97 Å². The summed E-state index contributed by atoms with van der Waals surface area (Å²) in [4.78, 5) is 13.9. The van der Waals surface area contributed by atoms with Gasteiger partial charge in [0.05, 0.1) is 5.56 Å². The van der Waals surface area contributed by atoms with E-state index < -0.39 is 5.60 Å². The quantitative estimate of drug-likeness (QED) is 0.754. The Bertz CT molecular complexity index is 391. The van der Waals surface area contributed by atoms with E-state index in [1.165, 1.54) is 0 Å². The second-order valence-corrected chi connectivity index (χ2v) is 5.44. The summed E-state index contributed by atoms with van der Waals surface area (Å²) in [6.07, 6.45) is 0. The van der Waals surface area contributed by atoms with Crippen molar-refractivity contribution in [3.8, 4) is 0 Å². The monoisotopic (exact) mass is 235 g/mol. The second-order valence-electron chi connectivity index (χ2n) is 5.44. The Hall–Kier alpha value is -1.35. The molecule has 17 heavy (non-hydrogen) atoms. The summed E-state index contributed by atoms with van der Waals surface area (Å²) in [5.41, 5.74) is 1.27. The number of carbonyl (C=O) groups is 1. The van der Waals surface area contributed by atoms with Crippen molar-refractivity contribution >= 4 is 5.97 Å². The molecule has 0 unspecified atom stereocenters. The first-order valence-electron chi connectivity index (χ1n) is 5.75. The molecule has 0 aliphatic carbocycles. The van der Waals surface area contributed by atoms with Crippen molar-refractivity contribution in [3.63, 3.8) is 0 Å². The van der Waals surface area contributed by atoms with E-state index in [1.807, 2.05) is 53.1 Å². The highest BCUT2D eigenvalue weighted by Crippen LogP contribution is 2.13. The van der Waals surface area contributed by atoms with Crippen molar-refractivity contribution in [2.45, 2.75) is 32.9 Å². The number of hydrogen-bond acceptors (Lipinski definition) is 3. The lowest BCUT2D eigenvalue weighted by molar-refractivity contribution is 0.00693. The minimum Gasteiger partial charge on any atom is -0.456 e. The predicted molar refractivity (Wildman–Crippen MR) is 69.0 cm³/mol. The zero-order chi connectivity index (χ0) is 13.1. The number of rotatable bonds is 3. The fourth-order valence-corrected chi connectivity index (χ4v) is 1.50. The van der Waals surface area contributed by atoms with Crippen LogP contribution in [0.2, 0.25) is 0 Å². The molecule has 0 atom stereocenters. The van der Waals surface area contributed by atoms with Crippen LogP contribution in [0, 0.1) is 0 Å². The van der Waals surface area contributed by atoms with E-state index in [2.05, 4.69) is 4.90 Å². The van der Waals surface area contributed by atoms with Gasteiger partial charge in [-0.05, 0) is 52.6 Å². The van der Waals surface area contributed by atoms with Gasteiger partial charge in [-0.1, -0.05) is 12.1 Å². The van der Waals surface area contributed by atoms with Crippen LogP contribution in [0.1, 0.15) is 36.7 Å². The number of esters is 1. The lowest BCUT2D eigenvalue weighted by atomic mass is 10.1. The number of benzene rings is 1. The molecule has 0 aliphatic rings. The standard InChI is InChI=1S/C14H21NO2/c1-14(2,3)17-13(16)12-8-6-7-11(9-12)10-15(4)5/h6-9H,10H2,1-5H3. The van der Waals surface area contributed by atoms with Crippen LogP contribution in [0.15, 0.2) is 24.3 Å². The molecule has 0 heterocycles. The second kappa shape index (κ2) is 5.32. The third kappa shape index (κ3) is 5.00. The van der Waals surface area contributed by atoms with Gasteiger partial charge in [0.1, 0.15) is 5.60 Å². The fourth-order valence-electron chi connectivity index (χ4n) is 1.50. The summed E-state index contributed by atoms with van der Waals surface area (Å²) in [5, 5.41) is 0. The summed E-state index contributed by atoms with van der Waals surface area (Å²) in [6.45, 7) is 6.42. The van der Waals surface area contributed by atoms with Gasteiger partial charge in [0, 0.05) is 6.54 Å². The van der Waals surface area contributed by atoms with Crippen LogP contribution in [0.4, 0.5) is 0 Å². The maximum absolute atomic E-state index is 11.9. The molecular weight excluding hydrogens is 214 g/mol. The van der Waals surface area contributed by atoms with Crippen LogP contribution < -0.4 is 0 Å². The zero-order valence-corrected chi connectivity index (χ0v) is 11.3. The van der Waals surface area contributed by atoms with Crippen LogP contribution in [-0.2, 0) is 11.3 Å². The molecule has 0 amide bonds. The van der Waals surface area contributed by atoms with Crippen LogP contribution >= 0.6 is 0 Å². The average Bonchev–Trinajstić information content (AvgIpc) is 2.14. The first-order valence-corrected chi connectivity index (χ1v) is 5.75. The van der Waals surface area contributed by atoms with Gasteiger partial charge in [-0.25, -0.2) is 4.79 Å². The van der Waals surface area contributed by atoms with E-state index >= 15 is 0 Å². The first-order chi connectivity index (χ1) is 7.78. The number of nitrogens with zero attached hydrogens (tertiary/aromatic N) is 1. The van der Waals surface area contributed by atoms with Crippen LogP contribution in [0.25, 0.3) is 0 Å². The van der Waals surface area contributed by atoms with Crippen LogP contribution in [-0.4, -0.2) is 30.6 Å². The summed E-state index contributed by atoms with van der Waals surface area (Å²) >= 11 is 0. The average molecular weight is 235 g/mol. The largest absolute Gasteiger partial charge is 0.456 e. The molecule has 0 aromatic heterocycles. The van der Waals surface area contributed by atoms with Crippen LogP contribution in [0.3, 0.4) is 0 Å². The molecular formula is C14H21NO2. The Morgan fingerprint density at radius 2 is 1.94 bits per heavy atom. The molecule has 0 bridgehead atoms. The highest BCUT2D eigenvalue weighted by Gasteiger charge is 2.17. The Morgan fingerprint density at radius 3 is 2.47 bits per heavy atom. The van der Waals surface area contributed by atoms with E-state index in [1.54, 1.807) is 6.07 Å². The van der Waals surface area contributed by atoms with Crippen molar-refractivity contribution in [1.82, 2.24) is 4.90 Å². The number of ether oxygens (including phenoxy) is 1. The van der Waals surface area contributed by atoms with Crippen molar-refractivity contribution in [1.29, 1.82) is 0 Å². The third-order valence-electron chi connectivity index (χ3n) is 2.06. The Balaban J connectivity index is 2.81. The Labute approximate surface area is 103 Å². The molecule has 1 rings (SSSR count). The highest BCUT2D eigenvalue weighted by molar-refractivity contribution is 5.89. The van der Waals surface area contributed by atoms with Crippen LogP contribution in [0.5, 0.6) is 0 Å². The minimum absolute atomic E-state index is 0.266. The lowest BCUT2D eigenvalue weighted by Gasteiger charge is -2.19. The highest BCUT2D eigenvalue weighted by atomic mass is 16.6. The molecule has 1 aromatic rings. The summed E-state index contributed by atoms with van der Waals surface area (Å²) in [5.74, 6) is -0.266. The van der Waals surface area contributed by atoms with Gasteiger partial charge in [0.25, 0.3) is 0 Å². The molecule has 0 spiro atoms. The topological polar surface area (TPSA) is 29.5 Å². The van der Waals surface area contributed by atoms with E-state index in [4.69, 9.17) is 4.74 Å². The molecule has 1 aromatic carbocycles. The van der Waals surface area contributed by atoms with E-state index in [0.717, 1.165) is 12.1 Å². The molecule has 3 heteroatoms. The Kier molecular flexibility index (Phi) is 4.29. The van der Waals surface area contributed by atoms with Crippen molar-refractivity contribution < 1.29 is 9.53 Å². The van der Waals surface area contributed by atoms with E-state index in [-0.39, 0.29) is 5.97 Å². The van der Waals surface area contributed by atoms with Crippen molar-refractivity contribution in [3.05, 3.63) is 35.4 Å². The molecule has 0 saturated carbocycles. The van der Waals surface area contributed by atoms with Gasteiger partial charge in [-0.2, -0.15) is 0 Å². The van der Waals surface area contributed by atoms with Crippen molar-refractivity contribution in [2.24, 2.45) is 0 Å². The molecule has 0 aliphatic heterocycles. The van der Waals surface area contributed by atoms with Gasteiger partial charge in [-0.3, -0.25) is 0 Å². The molecule has 3 nitrogen and oxygen atoms in total. The predicted octanol–water partition coefficient (Wildman–Crippen LogP) is 2.70. The fraction of sp³-hybridized carbons (Fsp3) is 0.500.